The van der Waals surface area contributed by atoms with Crippen molar-refractivity contribution in [2.75, 3.05) is 43.6 Å². The normalized spacial score (nSPS) is 21.3. The minimum Gasteiger partial charge on any atom is -0.377 e. The van der Waals surface area contributed by atoms with Crippen LogP contribution < -0.4 is 15.8 Å². The number of nitrogens with zero attached hydrogens (tertiary/aromatic N) is 2. The fraction of sp³-hybridized carbons (Fsp3) is 0.440. The summed E-state index contributed by atoms with van der Waals surface area (Å²) in [7, 11) is 1.99. The van der Waals surface area contributed by atoms with Crippen LogP contribution in [0, 0.1) is 5.82 Å². The van der Waals surface area contributed by atoms with Gasteiger partial charge in [-0.2, -0.15) is 13.2 Å². The second-order valence-corrected chi connectivity index (χ2v) is 9.25. The van der Waals surface area contributed by atoms with Gasteiger partial charge in [0.15, 0.2) is 0 Å². The number of piperazine rings is 1. The van der Waals surface area contributed by atoms with Crippen molar-refractivity contribution in [1.82, 2.24) is 9.88 Å². The summed E-state index contributed by atoms with van der Waals surface area (Å²) in [5.41, 5.74) is -1.54. The van der Waals surface area contributed by atoms with Crippen LogP contribution in [-0.2, 0) is 10.9 Å². The van der Waals surface area contributed by atoms with Gasteiger partial charge in [0.25, 0.3) is 5.91 Å². The van der Waals surface area contributed by atoms with Crippen molar-refractivity contribution in [3.05, 3.63) is 63.3 Å². The van der Waals surface area contributed by atoms with Gasteiger partial charge in [0.05, 0.1) is 35.7 Å². The second kappa shape index (κ2) is 10.1. The Hall–Kier alpha value is -3.18. The predicted molar refractivity (Wildman–Crippen MR) is 129 cm³/mol. The standard InChI is InChI=1S/C25H28F4N4O3/c1-14-12-33(13-15(2)32(14)3)22-10-20(26)17(16-4-6-36-7-5-16)8-21(22)31-24(35)18-11-30-23(34)9-19(18)25(27,28)29/h4,8-11,14-15H,5-7,12-13H2,1-3H3,(H,30,34)(H,31,35). The van der Waals surface area contributed by atoms with Crippen LogP contribution in [0.25, 0.3) is 5.57 Å². The number of carbonyl (C=O) groups is 1. The number of alkyl halides is 3. The van der Waals surface area contributed by atoms with Gasteiger partial charge >= 0.3 is 6.18 Å². The Kier molecular flexibility index (Phi) is 7.24. The molecule has 2 atom stereocenters. The lowest BCUT2D eigenvalue weighted by molar-refractivity contribution is -0.138. The minimum absolute atomic E-state index is 0.120. The van der Waals surface area contributed by atoms with Gasteiger partial charge in [-0.25, -0.2) is 4.39 Å². The Labute approximate surface area is 205 Å². The van der Waals surface area contributed by atoms with E-state index in [2.05, 4.69) is 15.2 Å². The zero-order valence-corrected chi connectivity index (χ0v) is 20.2. The molecule has 4 rings (SSSR count). The van der Waals surface area contributed by atoms with Crippen molar-refractivity contribution in [3.63, 3.8) is 0 Å². The van der Waals surface area contributed by atoms with Gasteiger partial charge in [-0.3, -0.25) is 14.5 Å². The van der Waals surface area contributed by atoms with Crippen LogP contribution in [0.4, 0.5) is 28.9 Å². The molecule has 11 heteroatoms. The van der Waals surface area contributed by atoms with Crippen LogP contribution in [-0.4, -0.2) is 61.2 Å². The van der Waals surface area contributed by atoms with Crippen molar-refractivity contribution in [3.8, 4) is 0 Å². The Balaban J connectivity index is 1.78. The molecule has 36 heavy (non-hydrogen) atoms. The monoisotopic (exact) mass is 508 g/mol. The fourth-order valence-electron chi connectivity index (χ4n) is 4.63. The maximum Gasteiger partial charge on any atom is 0.417 e. The molecule has 1 amide bonds. The Morgan fingerprint density at radius 3 is 2.47 bits per heavy atom. The van der Waals surface area contributed by atoms with Gasteiger partial charge < -0.3 is 19.9 Å². The zero-order chi connectivity index (χ0) is 26.2. The molecule has 1 aromatic heterocycles. The molecule has 2 aromatic rings. The van der Waals surface area contributed by atoms with E-state index in [1.165, 1.54) is 12.1 Å². The number of pyridine rings is 1. The molecule has 1 aromatic carbocycles. The van der Waals surface area contributed by atoms with Crippen LogP contribution in [0.3, 0.4) is 0 Å². The van der Waals surface area contributed by atoms with E-state index in [0.717, 1.165) is 6.20 Å². The first-order valence-corrected chi connectivity index (χ1v) is 11.6. The smallest absolute Gasteiger partial charge is 0.377 e. The Bertz CT molecular complexity index is 1230. The lowest BCUT2D eigenvalue weighted by Crippen LogP contribution is -2.55. The van der Waals surface area contributed by atoms with E-state index in [0.29, 0.717) is 50.1 Å². The number of ether oxygens (including phenoxy) is 1. The lowest BCUT2D eigenvalue weighted by Gasteiger charge is -2.44. The molecule has 2 aliphatic rings. The molecule has 2 aliphatic heterocycles. The van der Waals surface area contributed by atoms with Crippen molar-refractivity contribution in [2.24, 2.45) is 0 Å². The van der Waals surface area contributed by atoms with Gasteiger partial charge in [0.2, 0.25) is 5.56 Å². The molecule has 3 heterocycles. The van der Waals surface area contributed by atoms with Gasteiger partial charge in [0.1, 0.15) is 5.82 Å². The van der Waals surface area contributed by atoms with Crippen LogP contribution >= 0.6 is 0 Å². The Morgan fingerprint density at radius 1 is 1.17 bits per heavy atom. The van der Waals surface area contributed by atoms with E-state index in [9.17, 15) is 22.8 Å². The molecular weight excluding hydrogens is 480 g/mol. The highest BCUT2D eigenvalue weighted by Crippen LogP contribution is 2.37. The van der Waals surface area contributed by atoms with Crippen LogP contribution in [0.5, 0.6) is 0 Å². The molecule has 2 unspecified atom stereocenters. The topological polar surface area (TPSA) is 77.7 Å². The van der Waals surface area contributed by atoms with Crippen molar-refractivity contribution < 1.29 is 27.1 Å². The number of halogens is 4. The third-order valence-corrected chi connectivity index (χ3v) is 6.82. The highest BCUT2D eigenvalue weighted by atomic mass is 19.4. The fourth-order valence-corrected chi connectivity index (χ4v) is 4.63. The summed E-state index contributed by atoms with van der Waals surface area (Å²) in [5.74, 6) is -1.55. The van der Waals surface area contributed by atoms with E-state index in [4.69, 9.17) is 4.74 Å². The average molecular weight is 509 g/mol. The van der Waals surface area contributed by atoms with Gasteiger partial charge in [-0.15, -0.1) is 0 Å². The molecule has 2 N–H and O–H groups in total. The number of aromatic amines is 1. The SMILES string of the molecule is CC1CN(c2cc(F)c(C3=CCOCC3)cc2NC(=O)c2c[nH]c(=O)cc2C(F)(F)F)CC(C)N1C. The number of H-pyrrole nitrogens is 1. The molecular formula is C25H28F4N4O3. The number of nitrogens with one attached hydrogen (secondary N) is 2. The summed E-state index contributed by atoms with van der Waals surface area (Å²) in [4.78, 5) is 30.9. The molecule has 0 aliphatic carbocycles. The summed E-state index contributed by atoms with van der Waals surface area (Å²) in [6.45, 7) is 5.84. The molecule has 0 bridgehead atoms. The first-order chi connectivity index (χ1) is 17.0. The molecule has 194 valence electrons. The zero-order valence-electron chi connectivity index (χ0n) is 20.2. The van der Waals surface area contributed by atoms with E-state index in [1.54, 1.807) is 6.08 Å². The van der Waals surface area contributed by atoms with Gasteiger partial charge in [0, 0.05) is 43.0 Å². The summed E-state index contributed by atoms with van der Waals surface area (Å²) in [5, 5.41) is 2.56. The van der Waals surface area contributed by atoms with E-state index in [-0.39, 0.29) is 23.3 Å². The number of benzene rings is 1. The average Bonchev–Trinajstić information content (AvgIpc) is 2.83. The molecule has 0 spiro atoms. The first kappa shape index (κ1) is 25.9. The number of hydrogen-bond donors (Lipinski definition) is 2. The number of hydrogen-bond acceptors (Lipinski definition) is 5. The number of rotatable bonds is 4. The lowest BCUT2D eigenvalue weighted by atomic mass is 9.98. The third kappa shape index (κ3) is 5.31. The van der Waals surface area contributed by atoms with Crippen LogP contribution in [0.2, 0.25) is 0 Å². The maximum atomic E-state index is 15.3. The third-order valence-electron chi connectivity index (χ3n) is 6.82. The van der Waals surface area contributed by atoms with Crippen molar-refractivity contribution >= 4 is 22.9 Å². The minimum atomic E-state index is -4.91. The number of likely N-dealkylation sites (N-methyl/N-ethyl adjacent to an activating group) is 1. The molecule has 1 fully saturated rings. The summed E-state index contributed by atoms with van der Waals surface area (Å²) in [6.07, 6.45) is -1.96. The maximum absolute atomic E-state index is 15.3. The Morgan fingerprint density at radius 2 is 1.86 bits per heavy atom. The van der Waals surface area contributed by atoms with Crippen molar-refractivity contribution in [2.45, 2.75) is 38.5 Å². The van der Waals surface area contributed by atoms with E-state index < -0.39 is 34.6 Å². The molecule has 1 saturated heterocycles. The van der Waals surface area contributed by atoms with E-state index in [1.807, 2.05) is 25.8 Å². The molecule has 0 saturated carbocycles. The van der Waals surface area contributed by atoms with Gasteiger partial charge in [-0.1, -0.05) is 6.08 Å². The largest absolute Gasteiger partial charge is 0.417 e. The van der Waals surface area contributed by atoms with Crippen LogP contribution in [0.15, 0.2) is 35.3 Å². The highest BCUT2D eigenvalue weighted by molar-refractivity contribution is 6.07. The quantitative estimate of drug-likeness (QED) is 0.608. The summed E-state index contributed by atoms with van der Waals surface area (Å²) < 4.78 is 61.3. The number of amides is 1. The van der Waals surface area contributed by atoms with E-state index >= 15 is 4.39 Å². The number of anilines is 2. The number of aromatic nitrogens is 1. The second-order valence-electron chi connectivity index (χ2n) is 9.25. The molecule has 7 nitrogen and oxygen atoms in total. The summed E-state index contributed by atoms with van der Waals surface area (Å²) in [6, 6.07) is 3.38. The number of carbonyl (C=O) groups excluding carboxylic acids is 1. The highest BCUT2D eigenvalue weighted by Gasteiger charge is 2.36. The van der Waals surface area contributed by atoms with Crippen LogP contribution in [0.1, 0.15) is 41.8 Å². The van der Waals surface area contributed by atoms with Gasteiger partial charge in [-0.05, 0) is 45.0 Å². The predicted octanol–water partition coefficient (Wildman–Crippen LogP) is 4.12. The molecule has 0 radical (unpaired) electrons. The first-order valence-electron chi connectivity index (χ1n) is 11.6. The van der Waals surface area contributed by atoms with Crippen molar-refractivity contribution in [1.29, 1.82) is 0 Å². The summed E-state index contributed by atoms with van der Waals surface area (Å²) >= 11 is 0.